The van der Waals surface area contributed by atoms with Crippen molar-refractivity contribution >= 4 is 27.6 Å². The Morgan fingerprint density at radius 1 is 1.04 bits per heavy atom. The Morgan fingerprint density at radius 3 is 2.43 bits per heavy atom. The van der Waals surface area contributed by atoms with E-state index < -0.39 is 45.0 Å². The van der Waals surface area contributed by atoms with Gasteiger partial charge in [0, 0.05) is 24.7 Å². The molecule has 2 N–H and O–H groups in total. The molecule has 0 bridgehead atoms. The minimum Gasteiger partial charge on any atom is -0.456 e. The highest BCUT2D eigenvalue weighted by Gasteiger charge is 2.19. The predicted octanol–water partition coefficient (Wildman–Crippen LogP) is 2.21. The van der Waals surface area contributed by atoms with Crippen molar-refractivity contribution in [1.29, 1.82) is 0 Å². The zero-order valence-corrected chi connectivity index (χ0v) is 15.5. The number of carbonyl (C=O) groups is 2. The topological polar surface area (TPSA) is 102 Å². The summed E-state index contributed by atoms with van der Waals surface area (Å²) in [5, 5.41) is 2.54. The molecule has 2 aromatic carbocycles. The number of benzene rings is 2. The van der Waals surface area contributed by atoms with E-state index >= 15 is 0 Å². The lowest BCUT2D eigenvalue weighted by molar-refractivity contribution is -0.147. The Balaban J connectivity index is 1.70. The van der Waals surface area contributed by atoms with E-state index in [2.05, 4.69) is 10.0 Å². The number of sulfonamides is 1. The standard InChI is InChI=1S/C18H18F2N2O5S/c19-13-8-9-16(15(20)11-13)28(25,26)21-10-4-7-18(24)27-12-17(23)22-14-5-2-1-3-6-14/h1-3,5-6,8-9,11,21H,4,7,10,12H2,(H,22,23). The monoisotopic (exact) mass is 412 g/mol. The Hall–Kier alpha value is -2.85. The zero-order valence-electron chi connectivity index (χ0n) is 14.7. The molecule has 0 aromatic heterocycles. The third-order valence-corrected chi connectivity index (χ3v) is 4.95. The Bertz CT molecular complexity index is 936. The van der Waals surface area contributed by atoms with E-state index in [1.54, 1.807) is 30.3 Å². The summed E-state index contributed by atoms with van der Waals surface area (Å²) in [6.45, 7) is -0.634. The van der Waals surface area contributed by atoms with Gasteiger partial charge in [-0.1, -0.05) is 18.2 Å². The van der Waals surface area contributed by atoms with E-state index in [-0.39, 0.29) is 19.4 Å². The molecule has 0 saturated carbocycles. The van der Waals surface area contributed by atoms with Gasteiger partial charge in [-0.05, 0) is 30.7 Å². The van der Waals surface area contributed by atoms with Gasteiger partial charge >= 0.3 is 5.97 Å². The lowest BCUT2D eigenvalue weighted by Gasteiger charge is -2.08. The first-order chi connectivity index (χ1) is 13.3. The van der Waals surface area contributed by atoms with Crippen molar-refractivity contribution in [2.45, 2.75) is 17.7 Å². The summed E-state index contributed by atoms with van der Waals surface area (Å²) < 4.78 is 57.2. The minimum atomic E-state index is -4.17. The van der Waals surface area contributed by atoms with E-state index in [1.807, 2.05) is 0 Å². The van der Waals surface area contributed by atoms with Gasteiger partial charge in [0.25, 0.3) is 5.91 Å². The first kappa shape index (κ1) is 21.5. The third kappa shape index (κ3) is 6.71. The van der Waals surface area contributed by atoms with Crippen LogP contribution in [0.25, 0.3) is 0 Å². The van der Waals surface area contributed by atoms with Crippen LogP contribution in [0.5, 0.6) is 0 Å². The van der Waals surface area contributed by atoms with Crippen molar-refractivity contribution in [1.82, 2.24) is 4.72 Å². The Morgan fingerprint density at radius 2 is 1.75 bits per heavy atom. The fourth-order valence-corrected chi connectivity index (χ4v) is 3.28. The number of carbonyl (C=O) groups excluding carboxylic acids is 2. The second-order valence-electron chi connectivity index (χ2n) is 5.65. The van der Waals surface area contributed by atoms with E-state index in [0.29, 0.717) is 11.8 Å². The second kappa shape index (κ2) is 9.90. The lowest BCUT2D eigenvalue weighted by atomic mass is 10.3. The predicted molar refractivity (Wildman–Crippen MR) is 96.8 cm³/mol. The summed E-state index contributed by atoms with van der Waals surface area (Å²) in [5.41, 5.74) is 0.561. The molecule has 0 heterocycles. The van der Waals surface area contributed by atoms with Gasteiger partial charge in [-0.3, -0.25) is 9.59 Å². The normalized spacial score (nSPS) is 11.1. The molecule has 10 heteroatoms. The molecule has 0 saturated heterocycles. The van der Waals surface area contributed by atoms with Gasteiger partial charge in [0.2, 0.25) is 10.0 Å². The average molecular weight is 412 g/mol. The van der Waals surface area contributed by atoms with Crippen LogP contribution < -0.4 is 10.0 Å². The van der Waals surface area contributed by atoms with Gasteiger partial charge in [0.15, 0.2) is 6.61 Å². The van der Waals surface area contributed by atoms with Crippen LogP contribution in [-0.2, 0) is 24.3 Å². The highest BCUT2D eigenvalue weighted by atomic mass is 32.2. The fourth-order valence-electron chi connectivity index (χ4n) is 2.15. The highest BCUT2D eigenvalue weighted by molar-refractivity contribution is 7.89. The van der Waals surface area contributed by atoms with Crippen LogP contribution in [0.3, 0.4) is 0 Å². The molecule has 0 atom stereocenters. The van der Waals surface area contributed by atoms with Gasteiger partial charge in [-0.15, -0.1) is 0 Å². The van der Waals surface area contributed by atoms with Crippen molar-refractivity contribution < 1.29 is 31.5 Å². The van der Waals surface area contributed by atoms with E-state index in [0.717, 1.165) is 12.1 Å². The summed E-state index contributed by atoms with van der Waals surface area (Å²) in [6.07, 6.45) is -0.0752. The number of rotatable bonds is 9. The van der Waals surface area contributed by atoms with Crippen molar-refractivity contribution in [2.75, 3.05) is 18.5 Å². The van der Waals surface area contributed by atoms with E-state index in [4.69, 9.17) is 4.74 Å². The number of hydrogen-bond donors (Lipinski definition) is 2. The van der Waals surface area contributed by atoms with E-state index in [9.17, 15) is 26.8 Å². The average Bonchev–Trinajstić information content (AvgIpc) is 2.64. The number of hydrogen-bond acceptors (Lipinski definition) is 5. The van der Waals surface area contributed by atoms with Gasteiger partial charge in [-0.25, -0.2) is 21.9 Å². The molecule has 2 aromatic rings. The van der Waals surface area contributed by atoms with Crippen molar-refractivity contribution in [3.8, 4) is 0 Å². The third-order valence-electron chi connectivity index (χ3n) is 3.45. The molecule has 0 fully saturated rings. The first-order valence-corrected chi connectivity index (χ1v) is 9.71. The summed E-state index contributed by atoms with van der Waals surface area (Å²) >= 11 is 0. The molecule has 1 amide bonds. The maximum absolute atomic E-state index is 13.5. The molecule has 2 rings (SSSR count). The molecule has 7 nitrogen and oxygen atoms in total. The SMILES string of the molecule is O=C(COC(=O)CCCNS(=O)(=O)c1ccc(F)cc1F)Nc1ccccc1. The number of amides is 1. The quantitative estimate of drug-likeness (QED) is 0.486. The molecular weight excluding hydrogens is 394 g/mol. The van der Waals surface area contributed by atoms with Crippen LogP contribution in [0.15, 0.2) is 53.4 Å². The molecule has 0 spiro atoms. The molecule has 0 aliphatic rings. The number of anilines is 1. The second-order valence-corrected chi connectivity index (χ2v) is 7.39. The summed E-state index contributed by atoms with van der Waals surface area (Å²) in [6, 6.07) is 10.7. The number of esters is 1. The Kier molecular flexibility index (Phi) is 7.59. The molecular formula is C18H18F2N2O5S. The van der Waals surface area contributed by atoms with Crippen LogP contribution in [0.4, 0.5) is 14.5 Å². The van der Waals surface area contributed by atoms with Gasteiger partial charge in [0.05, 0.1) is 0 Å². The van der Waals surface area contributed by atoms with Crippen molar-refractivity contribution in [3.63, 3.8) is 0 Å². The molecule has 0 unspecified atom stereocenters. The molecule has 150 valence electrons. The Labute approximate surface area is 160 Å². The van der Waals surface area contributed by atoms with Crippen LogP contribution >= 0.6 is 0 Å². The van der Waals surface area contributed by atoms with Gasteiger partial charge in [-0.2, -0.15) is 0 Å². The van der Waals surface area contributed by atoms with Crippen LogP contribution in [0.2, 0.25) is 0 Å². The van der Waals surface area contributed by atoms with Crippen LogP contribution in [0.1, 0.15) is 12.8 Å². The molecule has 0 radical (unpaired) electrons. The fraction of sp³-hybridized carbons (Fsp3) is 0.222. The molecule has 0 aliphatic heterocycles. The lowest BCUT2D eigenvalue weighted by Crippen LogP contribution is -2.26. The van der Waals surface area contributed by atoms with Crippen molar-refractivity contribution in [3.05, 3.63) is 60.2 Å². The molecule has 0 aliphatic carbocycles. The largest absolute Gasteiger partial charge is 0.456 e. The van der Waals surface area contributed by atoms with Crippen LogP contribution in [-0.4, -0.2) is 33.4 Å². The summed E-state index contributed by atoms with van der Waals surface area (Å²) in [5.74, 6) is -3.30. The highest BCUT2D eigenvalue weighted by Crippen LogP contribution is 2.15. The maximum Gasteiger partial charge on any atom is 0.306 e. The van der Waals surface area contributed by atoms with Gasteiger partial charge in [0.1, 0.15) is 16.5 Å². The smallest absolute Gasteiger partial charge is 0.306 e. The van der Waals surface area contributed by atoms with Crippen molar-refractivity contribution in [2.24, 2.45) is 0 Å². The van der Waals surface area contributed by atoms with Crippen LogP contribution in [0, 0.1) is 11.6 Å². The number of para-hydroxylation sites is 1. The zero-order chi connectivity index (χ0) is 20.6. The number of halogens is 2. The van der Waals surface area contributed by atoms with E-state index in [1.165, 1.54) is 0 Å². The summed E-state index contributed by atoms with van der Waals surface area (Å²) in [7, 11) is -4.17. The molecule has 28 heavy (non-hydrogen) atoms. The maximum atomic E-state index is 13.5. The number of ether oxygens (including phenoxy) is 1. The van der Waals surface area contributed by atoms with Gasteiger partial charge < -0.3 is 10.1 Å². The first-order valence-electron chi connectivity index (χ1n) is 8.23. The summed E-state index contributed by atoms with van der Waals surface area (Å²) in [4.78, 5) is 22.6. The minimum absolute atomic E-state index is 0.0706. The number of nitrogens with one attached hydrogen (secondary N) is 2.